The largest absolute Gasteiger partial charge is 0.313 e. The molecule has 1 N–H and O–H groups in total. The highest BCUT2D eigenvalue weighted by Crippen LogP contribution is 2.12. The first-order chi connectivity index (χ1) is 7.09. The Hall–Kier alpha value is -0.120. The van der Waals surface area contributed by atoms with E-state index in [4.69, 9.17) is 0 Å². The Labute approximate surface area is 94.8 Å². The van der Waals surface area contributed by atoms with Crippen molar-refractivity contribution in [1.82, 2.24) is 15.1 Å². The molecule has 3 heteroatoms. The molecule has 0 amide bonds. The van der Waals surface area contributed by atoms with Gasteiger partial charge in [-0.3, -0.25) is 0 Å². The molecule has 2 unspecified atom stereocenters. The van der Waals surface area contributed by atoms with E-state index in [1.807, 2.05) is 0 Å². The number of hydrogen-bond donors (Lipinski definition) is 1. The normalized spacial score (nSPS) is 27.6. The van der Waals surface area contributed by atoms with Crippen molar-refractivity contribution >= 4 is 0 Å². The Morgan fingerprint density at radius 3 is 2.40 bits per heavy atom. The van der Waals surface area contributed by atoms with E-state index < -0.39 is 0 Å². The molecule has 1 fully saturated rings. The molecule has 0 radical (unpaired) electrons. The third kappa shape index (κ3) is 4.96. The Bertz CT molecular complexity index is 162. The van der Waals surface area contributed by atoms with Crippen molar-refractivity contribution in [3.63, 3.8) is 0 Å². The van der Waals surface area contributed by atoms with Gasteiger partial charge in [-0.1, -0.05) is 0 Å². The highest BCUT2D eigenvalue weighted by molar-refractivity contribution is 4.80. The molecule has 1 rings (SSSR count). The van der Waals surface area contributed by atoms with Crippen molar-refractivity contribution in [3.05, 3.63) is 0 Å². The molecular weight excluding hydrogens is 186 g/mol. The smallest absolute Gasteiger partial charge is 0.0218 e. The van der Waals surface area contributed by atoms with Crippen LogP contribution in [0.3, 0.4) is 0 Å². The summed E-state index contributed by atoms with van der Waals surface area (Å²) in [5.74, 6) is 0. The molecule has 0 saturated carbocycles. The quantitative estimate of drug-likeness (QED) is 0.735. The van der Waals surface area contributed by atoms with Crippen molar-refractivity contribution in [2.24, 2.45) is 0 Å². The van der Waals surface area contributed by atoms with E-state index in [0.29, 0.717) is 0 Å². The van der Waals surface area contributed by atoms with Crippen LogP contribution in [0.4, 0.5) is 0 Å². The summed E-state index contributed by atoms with van der Waals surface area (Å²) in [4.78, 5) is 4.78. The summed E-state index contributed by atoms with van der Waals surface area (Å²) in [5, 5.41) is 3.56. The fourth-order valence-electron chi connectivity index (χ4n) is 2.18. The summed E-state index contributed by atoms with van der Waals surface area (Å²) >= 11 is 0. The van der Waals surface area contributed by atoms with E-state index in [9.17, 15) is 0 Å². The lowest BCUT2D eigenvalue weighted by Crippen LogP contribution is -2.47. The summed E-state index contributed by atoms with van der Waals surface area (Å²) in [7, 11) is 6.55. The number of likely N-dealkylation sites (N-methyl/N-ethyl adjacent to an activating group) is 1. The lowest BCUT2D eigenvalue weighted by molar-refractivity contribution is 0.180. The van der Waals surface area contributed by atoms with Gasteiger partial charge in [0, 0.05) is 18.6 Å². The molecule has 0 aromatic heterocycles. The van der Waals surface area contributed by atoms with Crippen molar-refractivity contribution < 1.29 is 0 Å². The van der Waals surface area contributed by atoms with Gasteiger partial charge in [0.1, 0.15) is 0 Å². The van der Waals surface area contributed by atoms with E-state index in [0.717, 1.165) is 12.1 Å². The summed E-state index contributed by atoms with van der Waals surface area (Å²) in [6.07, 6.45) is 3.95. The molecule has 0 aromatic rings. The Morgan fingerprint density at radius 1 is 1.13 bits per heavy atom. The average Bonchev–Trinajstić information content (AvgIpc) is 2.18. The minimum absolute atomic E-state index is 0.719. The third-order valence-corrected chi connectivity index (χ3v) is 3.37. The first-order valence-corrected chi connectivity index (χ1v) is 6.18. The molecule has 3 nitrogen and oxygen atoms in total. The zero-order chi connectivity index (χ0) is 11.3. The van der Waals surface area contributed by atoms with Crippen LogP contribution in [-0.2, 0) is 0 Å². The SMILES string of the molecule is CC1CCC(N(C)CCCN(C)C)CN1. The van der Waals surface area contributed by atoms with Gasteiger partial charge in [-0.2, -0.15) is 0 Å². The van der Waals surface area contributed by atoms with Gasteiger partial charge in [0.15, 0.2) is 0 Å². The van der Waals surface area contributed by atoms with E-state index >= 15 is 0 Å². The molecule has 0 aromatic carbocycles. The Balaban J connectivity index is 2.13. The molecule has 1 saturated heterocycles. The second kappa shape index (κ2) is 6.46. The van der Waals surface area contributed by atoms with Gasteiger partial charge in [0.2, 0.25) is 0 Å². The van der Waals surface area contributed by atoms with Crippen molar-refractivity contribution in [2.45, 2.75) is 38.3 Å². The van der Waals surface area contributed by atoms with Crippen molar-refractivity contribution in [2.75, 3.05) is 40.8 Å². The van der Waals surface area contributed by atoms with Crippen LogP contribution in [0.2, 0.25) is 0 Å². The van der Waals surface area contributed by atoms with E-state index in [2.05, 4.69) is 43.2 Å². The Morgan fingerprint density at radius 2 is 1.87 bits per heavy atom. The molecule has 1 heterocycles. The predicted octanol–water partition coefficient (Wildman–Crippen LogP) is 1.01. The fraction of sp³-hybridized carbons (Fsp3) is 1.00. The number of piperidine rings is 1. The number of hydrogen-bond acceptors (Lipinski definition) is 3. The van der Waals surface area contributed by atoms with Crippen molar-refractivity contribution in [3.8, 4) is 0 Å². The molecule has 15 heavy (non-hydrogen) atoms. The lowest BCUT2D eigenvalue weighted by atomic mass is 10.0. The first kappa shape index (κ1) is 12.9. The monoisotopic (exact) mass is 213 g/mol. The highest BCUT2D eigenvalue weighted by Gasteiger charge is 2.20. The zero-order valence-corrected chi connectivity index (χ0v) is 10.8. The molecule has 0 bridgehead atoms. The molecule has 1 aliphatic heterocycles. The van der Waals surface area contributed by atoms with Gasteiger partial charge >= 0.3 is 0 Å². The average molecular weight is 213 g/mol. The Kier molecular flexibility index (Phi) is 5.58. The van der Waals surface area contributed by atoms with E-state index in [-0.39, 0.29) is 0 Å². The van der Waals surface area contributed by atoms with Crippen LogP contribution < -0.4 is 5.32 Å². The molecule has 0 aliphatic carbocycles. The van der Waals surface area contributed by atoms with Gasteiger partial charge < -0.3 is 15.1 Å². The predicted molar refractivity (Wildman–Crippen MR) is 66.3 cm³/mol. The second-order valence-corrected chi connectivity index (χ2v) is 5.18. The van der Waals surface area contributed by atoms with Gasteiger partial charge in [-0.15, -0.1) is 0 Å². The van der Waals surface area contributed by atoms with Gasteiger partial charge in [-0.05, 0) is 60.4 Å². The first-order valence-electron chi connectivity index (χ1n) is 6.18. The minimum Gasteiger partial charge on any atom is -0.313 e. The van der Waals surface area contributed by atoms with Gasteiger partial charge in [0.05, 0.1) is 0 Å². The topological polar surface area (TPSA) is 18.5 Å². The molecule has 2 atom stereocenters. The van der Waals surface area contributed by atoms with Crippen LogP contribution in [0.15, 0.2) is 0 Å². The summed E-state index contributed by atoms with van der Waals surface area (Å²) in [5.41, 5.74) is 0. The summed E-state index contributed by atoms with van der Waals surface area (Å²) in [6.45, 7) is 5.86. The number of nitrogens with one attached hydrogen (secondary N) is 1. The standard InChI is InChI=1S/C12H27N3/c1-11-6-7-12(10-13-11)15(4)9-5-8-14(2)3/h11-13H,5-10H2,1-4H3. The number of rotatable bonds is 5. The van der Waals surface area contributed by atoms with Gasteiger partial charge in [0.25, 0.3) is 0 Å². The molecule has 0 spiro atoms. The number of nitrogens with zero attached hydrogens (tertiary/aromatic N) is 2. The minimum atomic E-state index is 0.719. The van der Waals surface area contributed by atoms with E-state index in [1.165, 1.54) is 38.9 Å². The molecule has 1 aliphatic rings. The lowest BCUT2D eigenvalue weighted by Gasteiger charge is -2.34. The van der Waals surface area contributed by atoms with Crippen LogP contribution in [0.25, 0.3) is 0 Å². The van der Waals surface area contributed by atoms with Crippen LogP contribution in [0.1, 0.15) is 26.2 Å². The highest BCUT2D eigenvalue weighted by atomic mass is 15.2. The van der Waals surface area contributed by atoms with Crippen molar-refractivity contribution in [1.29, 1.82) is 0 Å². The van der Waals surface area contributed by atoms with Crippen LogP contribution in [0.5, 0.6) is 0 Å². The summed E-state index contributed by atoms with van der Waals surface area (Å²) < 4.78 is 0. The van der Waals surface area contributed by atoms with Gasteiger partial charge in [-0.25, -0.2) is 0 Å². The fourth-order valence-corrected chi connectivity index (χ4v) is 2.18. The van der Waals surface area contributed by atoms with Crippen LogP contribution in [0, 0.1) is 0 Å². The maximum Gasteiger partial charge on any atom is 0.0218 e. The summed E-state index contributed by atoms with van der Waals surface area (Å²) in [6, 6.07) is 1.47. The molecule has 90 valence electrons. The van der Waals surface area contributed by atoms with E-state index in [1.54, 1.807) is 0 Å². The second-order valence-electron chi connectivity index (χ2n) is 5.18. The maximum absolute atomic E-state index is 3.56. The maximum atomic E-state index is 3.56. The zero-order valence-electron chi connectivity index (χ0n) is 10.8. The third-order valence-electron chi connectivity index (χ3n) is 3.37. The molecular formula is C12H27N3. The van der Waals surface area contributed by atoms with Crippen LogP contribution >= 0.6 is 0 Å². The van der Waals surface area contributed by atoms with Crippen LogP contribution in [-0.4, -0.2) is 62.7 Å².